The molecule has 1 heterocycles. The lowest BCUT2D eigenvalue weighted by Gasteiger charge is -2.18. The molecule has 2 atom stereocenters. The molecule has 0 aliphatic heterocycles. The first-order valence-electron chi connectivity index (χ1n) is 7.71. The van der Waals surface area contributed by atoms with Crippen molar-refractivity contribution in [3.63, 3.8) is 0 Å². The number of carbonyl (C=O) groups is 1. The second-order valence-corrected chi connectivity index (χ2v) is 5.78. The van der Waals surface area contributed by atoms with Crippen LogP contribution in [0.1, 0.15) is 19.0 Å². The molecule has 0 bridgehead atoms. The Morgan fingerprint density at radius 2 is 2.27 bits per heavy atom. The van der Waals surface area contributed by atoms with Gasteiger partial charge >= 0.3 is 0 Å². The summed E-state index contributed by atoms with van der Waals surface area (Å²) in [4.78, 5) is 22.2. The Morgan fingerprint density at radius 3 is 2.86 bits per heavy atom. The molecule has 120 valence electrons. The summed E-state index contributed by atoms with van der Waals surface area (Å²) in [5, 5.41) is 6.37. The lowest BCUT2D eigenvalue weighted by molar-refractivity contribution is -0.128. The number of carbonyl (C=O) groups excluding carboxylic acids is 1. The van der Waals surface area contributed by atoms with Crippen molar-refractivity contribution in [3.05, 3.63) is 30.1 Å². The fraction of sp³-hybridized carbons (Fsp3) is 0.562. The molecule has 0 saturated heterocycles. The molecular formula is C16H25N5O. The van der Waals surface area contributed by atoms with Crippen molar-refractivity contribution in [1.82, 2.24) is 20.5 Å². The van der Waals surface area contributed by atoms with E-state index in [1.807, 2.05) is 25.2 Å². The van der Waals surface area contributed by atoms with Gasteiger partial charge in [-0.25, -0.2) is 0 Å². The molecule has 22 heavy (non-hydrogen) atoms. The van der Waals surface area contributed by atoms with E-state index in [4.69, 9.17) is 0 Å². The van der Waals surface area contributed by atoms with Crippen molar-refractivity contribution in [1.29, 1.82) is 0 Å². The summed E-state index contributed by atoms with van der Waals surface area (Å²) in [5.41, 5.74) is 0.996. The van der Waals surface area contributed by atoms with Crippen LogP contribution in [0.15, 0.2) is 29.4 Å². The van der Waals surface area contributed by atoms with Gasteiger partial charge in [0.05, 0.1) is 6.54 Å². The molecule has 6 nitrogen and oxygen atoms in total. The Balaban J connectivity index is 1.69. The fourth-order valence-electron chi connectivity index (χ4n) is 2.14. The van der Waals surface area contributed by atoms with Gasteiger partial charge in [-0.2, -0.15) is 0 Å². The van der Waals surface area contributed by atoms with Gasteiger partial charge in [0, 0.05) is 45.0 Å². The Labute approximate surface area is 132 Å². The van der Waals surface area contributed by atoms with Gasteiger partial charge in [0.2, 0.25) is 5.91 Å². The average molecular weight is 303 g/mol. The summed E-state index contributed by atoms with van der Waals surface area (Å²) in [5.74, 6) is 1.43. The minimum atomic E-state index is 0.0442. The number of pyridine rings is 1. The molecular weight excluding hydrogens is 278 g/mol. The Bertz CT molecular complexity index is 517. The van der Waals surface area contributed by atoms with E-state index in [-0.39, 0.29) is 12.5 Å². The van der Waals surface area contributed by atoms with Crippen LogP contribution in [0.3, 0.4) is 0 Å². The third-order valence-electron chi connectivity index (χ3n) is 3.92. The fourth-order valence-corrected chi connectivity index (χ4v) is 2.14. The Kier molecular flexibility index (Phi) is 5.75. The molecule has 1 fully saturated rings. The topological polar surface area (TPSA) is 69.6 Å². The zero-order chi connectivity index (χ0) is 15.9. The van der Waals surface area contributed by atoms with E-state index >= 15 is 0 Å². The quantitative estimate of drug-likeness (QED) is 0.598. The third kappa shape index (κ3) is 5.02. The number of nitrogens with zero attached hydrogens (tertiary/aromatic N) is 3. The summed E-state index contributed by atoms with van der Waals surface area (Å²) < 4.78 is 0. The maximum atomic E-state index is 12.1. The maximum Gasteiger partial charge on any atom is 0.241 e. The Morgan fingerprint density at radius 1 is 1.50 bits per heavy atom. The first-order chi connectivity index (χ1) is 10.6. The highest BCUT2D eigenvalue weighted by molar-refractivity contribution is 5.86. The molecule has 1 saturated carbocycles. The normalized spacial score (nSPS) is 20.4. The summed E-state index contributed by atoms with van der Waals surface area (Å²) in [7, 11) is 3.53. The standard InChI is InChI=1S/C16H25N5O/c1-12-10-14(12)20-16(17-2)19-11-15(22)21(3)9-7-13-6-4-5-8-18-13/h4-6,8,12,14H,7,9-11H2,1-3H3,(H2,17,19,20). The maximum absolute atomic E-state index is 12.1. The largest absolute Gasteiger partial charge is 0.353 e. The van der Waals surface area contributed by atoms with Crippen LogP contribution in [0.5, 0.6) is 0 Å². The lowest BCUT2D eigenvalue weighted by atomic mass is 10.2. The van der Waals surface area contributed by atoms with Crippen molar-refractivity contribution in [2.24, 2.45) is 10.9 Å². The molecule has 1 aliphatic carbocycles. The minimum Gasteiger partial charge on any atom is -0.353 e. The second-order valence-electron chi connectivity index (χ2n) is 5.78. The summed E-state index contributed by atoms with van der Waals surface area (Å²) in [6.45, 7) is 3.10. The number of hydrogen-bond acceptors (Lipinski definition) is 3. The number of likely N-dealkylation sites (N-methyl/N-ethyl adjacent to an activating group) is 1. The number of amides is 1. The van der Waals surface area contributed by atoms with E-state index in [0.717, 1.165) is 12.1 Å². The van der Waals surface area contributed by atoms with E-state index in [1.165, 1.54) is 6.42 Å². The summed E-state index contributed by atoms with van der Waals surface area (Å²) in [6.07, 6.45) is 3.70. The van der Waals surface area contributed by atoms with Crippen LogP contribution >= 0.6 is 0 Å². The predicted molar refractivity (Wildman–Crippen MR) is 87.6 cm³/mol. The van der Waals surface area contributed by atoms with Crippen molar-refractivity contribution in [3.8, 4) is 0 Å². The monoisotopic (exact) mass is 303 g/mol. The molecule has 0 aromatic carbocycles. The van der Waals surface area contributed by atoms with E-state index in [9.17, 15) is 4.79 Å². The van der Waals surface area contributed by atoms with E-state index in [2.05, 4.69) is 27.5 Å². The van der Waals surface area contributed by atoms with Gasteiger partial charge in [-0.3, -0.25) is 14.8 Å². The van der Waals surface area contributed by atoms with Crippen LogP contribution in [0.4, 0.5) is 0 Å². The van der Waals surface area contributed by atoms with Crippen LogP contribution < -0.4 is 10.6 Å². The van der Waals surface area contributed by atoms with Crippen molar-refractivity contribution < 1.29 is 4.79 Å². The molecule has 1 amide bonds. The molecule has 1 aromatic heterocycles. The second kappa shape index (κ2) is 7.77. The van der Waals surface area contributed by atoms with Gasteiger partial charge in [-0.1, -0.05) is 13.0 Å². The van der Waals surface area contributed by atoms with Crippen LogP contribution in [-0.2, 0) is 11.2 Å². The van der Waals surface area contributed by atoms with E-state index < -0.39 is 0 Å². The summed E-state index contributed by atoms with van der Waals surface area (Å²) >= 11 is 0. The molecule has 1 aliphatic rings. The van der Waals surface area contributed by atoms with Crippen molar-refractivity contribution in [2.75, 3.05) is 27.2 Å². The zero-order valence-corrected chi connectivity index (χ0v) is 13.5. The number of rotatable bonds is 6. The zero-order valence-electron chi connectivity index (χ0n) is 13.5. The van der Waals surface area contributed by atoms with Gasteiger partial charge in [0.25, 0.3) is 0 Å². The number of guanidine groups is 1. The van der Waals surface area contributed by atoms with Crippen LogP contribution in [0, 0.1) is 5.92 Å². The first-order valence-corrected chi connectivity index (χ1v) is 7.71. The van der Waals surface area contributed by atoms with Crippen molar-refractivity contribution in [2.45, 2.75) is 25.8 Å². The van der Waals surface area contributed by atoms with Gasteiger partial charge in [0.15, 0.2) is 5.96 Å². The van der Waals surface area contributed by atoms with E-state index in [1.54, 1.807) is 18.1 Å². The molecule has 0 spiro atoms. The van der Waals surface area contributed by atoms with Crippen molar-refractivity contribution >= 4 is 11.9 Å². The van der Waals surface area contributed by atoms with Crippen LogP contribution in [0.2, 0.25) is 0 Å². The van der Waals surface area contributed by atoms with Crippen LogP contribution in [-0.4, -0.2) is 55.0 Å². The minimum absolute atomic E-state index is 0.0442. The highest BCUT2D eigenvalue weighted by Crippen LogP contribution is 2.28. The highest BCUT2D eigenvalue weighted by atomic mass is 16.2. The summed E-state index contributed by atoms with van der Waals surface area (Å²) in [6, 6.07) is 6.31. The molecule has 2 N–H and O–H groups in total. The number of nitrogens with one attached hydrogen (secondary N) is 2. The van der Waals surface area contributed by atoms with Crippen LogP contribution in [0.25, 0.3) is 0 Å². The average Bonchev–Trinajstić information content (AvgIpc) is 3.24. The molecule has 1 aromatic rings. The highest BCUT2D eigenvalue weighted by Gasteiger charge is 2.33. The molecule has 6 heteroatoms. The van der Waals surface area contributed by atoms with E-state index in [0.29, 0.717) is 24.5 Å². The van der Waals surface area contributed by atoms with Gasteiger partial charge in [-0.15, -0.1) is 0 Å². The molecule has 2 rings (SSSR count). The number of aliphatic imine (C=N–C) groups is 1. The third-order valence-corrected chi connectivity index (χ3v) is 3.92. The van der Waals surface area contributed by atoms with Gasteiger partial charge in [0.1, 0.15) is 0 Å². The van der Waals surface area contributed by atoms with Gasteiger partial charge < -0.3 is 15.5 Å². The molecule has 2 unspecified atom stereocenters. The smallest absolute Gasteiger partial charge is 0.241 e. The first kappa shape index (κ1) is 16.3. The Hall–Kier alpha value is -2.11. The van der Waals surface area contributed by atoms with Gasteiger partial charge in [-0.05, 0) is 24.5 Å². The number of hydrogen-bond donors (Lipinski definition) is 2. The lowest BCUT2D eigenvalue weighted by Crippen LogP contribution is -2.44. The number of aromatic nitrogens is 1. The SMILES string of the molecule is CN=C(NCC(=O)N(C)CCc1ccccn1)NC1CC1C. The molecule has 0 radical (unpaired) electrons. The predicted octanol–water partition coefficient (Wildman–Crippen LogP) is 0.656.